The molecule has 0 saturated heterocycles. The summed E-state index contributed by atoms with van der Waals surface area (Å²) < 4.78 is 5.51. The second-order valence-corrected chi connectivity index (χ2v) is 6.24. The van der Waals surface area contributed by atoms with Gasteiger partial charge < -0.3 is 4.52 Å². The van der Waals surface area contributed by atoms with Crippen LogP contribution in [0.4, 0.5) is 0 Å². The summed E-state index contributed by atoms with van der Waals surface area (Å²) in [6.07, 6.45) is 2.81. The first-order valence-electron chi connectivity index (χ1n) is 8.10. The largest absolute Gasteiger partial charge is 0.334 e. The molecule has 1 heterocycles. The standard InChI is InChI=1S/C19H15ClN4O2/c20-14-8-5-13(6-9-14)18-23-19(26-24-18)16-10-7-12-3-1-2-4-15(12)17(16)21-11-22-25/h1-6,8-9,11,25H,7,10H2,(H,21,22). The summed E-state index contributed by atoms with van der Waals surface area (Å²) in [6.45, 7) is 0. The van der Waals surface area contributed by atoms with Gasteiger partial charge in [0.05, 0.1) is 5.70 Å². The molecule has 130 valence electrons. The molecule has 6 nitrogen and oxygen atoms in total. The van der Waals surface area contributed by atoms with Crippen LogP contribution in [0.15, 0.2) is 58.0 Å². The number of aromatic nitrogens is 2. The van der Waals surface area contributed by atoms with Crippen LogP contribution < -0.4 is 5.48 Å². The van der Waals surface area contributed by atoms with E-state index < -0.39 is 0 Å². The van der Waals surface area contributed by atoms with E-state index in [0.29, 0.717) is 22.4 Å². The highest BCUT2D eigenvalue weighted by Crippen LogP contribution is 2.37. The Kier molecular flexibility index (Phi) is 4.51. The minimum atomic E-state index is 0.426. The van der Waals surface area contributed by atoms with Crippen molar-refractivity contribution in [3.8, 4) is 11.4 Å². The van der Waals surface area contributed by atoms with Crippen molar-refractivity contribution in [3.63, 3.8) is 0 Å². The predicted molar refractivity (Wildman–Crippen MR) is 99.7 cm³/mol. The molecule has 0 atom stereocenters. The molecule has 1 aliphatic rings. The van der Waals surface area contributed by atoms with Crippen LogP contribution in [0.3, 0.4) is 0 Å². The van der Waals surface area contributed by atoms with Crippen LogP contribution in [0.25, 0.3) is 22.7 Å². The Hall–Kier alpha value is -2.96. The third kappa shape index (κ3) is 3.12. The first kappa shape index (κ1) is 16.5. The maximum atomic E-state index is 8.89. The molecule has 0 spiro atoms. The Bertz CT molecular complexity index is 993. The van der Waals surface area contributed by atoms with Gasteiger partial charge in [0.2, 0.25) is 5.82 Å². The Balaban J connectivity index is 1.79. The lowest BCUT2D eigenvalue weighted by molar-refractivity contribution is 0.240. The van der Waals surface area contributed by atoms with Crippen LogP contribution in [-0.4, -0.2) is 21.7 Å². The predicted octanol–water partition coefficient (Wildman–Crippen LogP) is 4.21. The molecule has 4 rings (SSSR count). The van der Waals surface area contributed by atoms with Crippen molar-refractivity contribution in [1.82, 2.24) is 15.6 Å². The van der Waals surface area contributed by atoms with E-state index in [4.69, 9.17) is 21.3 Å². The molecule has 0 amide bonds. The average Bonchev–Trinajstić information content (AvgIpc) is 3.16. The highest BCUT2D eigenvalue weighted by molar-refractivity contribution is 6.30. The summed E-state index contributed by atoms with van der Waals surface area (Å²) in [7, 11) is 0. The topological polar surface area (TPSA) is 83.5 Å². The van der Waals surface area contributed by atoms with Crippen LogP contribution in [0.5, 0.6) is 0 Å². The number of nitrogens with zero attached hydrogens (tertiary/aromatic N) is 3. The summed E-state index contributed by atoms with van der Waals surface area (Å²) in [5.41, 5.74) is 6.52. The van der Waals surface area contributed by atoms with Crippen molar-refractivity contribution in [2.75, 3.05) is 0 Å². The lowest BCUT2D eigenvalue weighted by Crippen LogP contribution is -2.07. The van der Waals surface area contributed by atoms with E-state index in [1.807, 2.05) is 35.8 Å². The van der Waals surface area contributed by atoms with Crippen molar-refractivity contribution in [2.24, 2.45) is 4.99 Å². The monoisotopic (exact) mass is 366 g/mol. The molecule has 1 aromatic heterocycles. The SMILES string of the molecule is ONC=NC1=C(c2nc(-c3ccc(Cl)cc3)no2)CCc2ccccc21. The maximum absolute atomic E-state index is 8.89. The third-order valence-electron chi connectivity index (χ3n) is 4.24. The zero-order valence-corrected chi connectivity index (χ0v) is 14.4. The number of benzene rings is 2. The molecule has 0 unspecified atom stereocenters. The number of hydrogen-bond acceptors (Lipinski definition) is 5. The van der Waals surface area contributed by atoms with E-state index in [9.17, 15) is 0 Å². The lowest BCUT2D eigenvalue weighted by atomic mass is 9.89. The second kappa shape index (κ2) is 7.11. The molecule has 7 heteroatoms. The van der Waals surface area contributed by atoms with Gasteiger partial charge >= 0.3 is 0 Å². The Labute approximate surface area is 154 Å². The normalized spacial score (nSPS) is 13.9. The van der Waals surface area contributed by atoms with Crippen LogP contribution >= 0.6 is 11.6 Å². The zero-order valence-electron chi connectivity index (χ0n) is 13.7. The van der Waals surface area contributed by atoms with Crippen molar-refractivity contribution in [3.05, 3.63) is 70.6 Å². The highest BCUT2D eigenvalue weighted by Gasteiger charge is 2.23. The minimum Gasteiger partial charge on any atom is -0.334 e. The quantitative estimate of drug-likeness (QED) is 0.410. The Morgan fingerprint density at radius 3 is 2.73 bits per heavy atom. The van der Waals surface area contributed by atoms with E-state index in [1.165, 1.54) is 11.9 Å². The summed E-state index contributed by atoms with van der Waals surface area (Å²) in [5, 5.41) is 13.6. The van der Waals surface area contributed by atoms with Gasteiger partial charge in [-0.05, 0) is 42.7 Å². The van der Waals surface area contributed by atoms with Gasteiger partial charge in [0.25, 0.3) is 5.89 Å². The summed E-state index contributed by atoms with van der Waals surface area (Å²) in [5.74, 6) is 0.918. The minimum absolute atomic E-state index is 0.426. The Morgan fingerprint density at radius 2 is 1.92 bits per heavy atom. The average molecular weight is 367 g/mol. The van der Waals surface area contributed by atoms with Gasteiger partial charge in [-0.15, -0.1) is 0 Å². The fraction of sp³-hybridized carbons (Fsp3) is 0.105. The first-order valence-corrected chi connectivity index (χ1v) is 8.47. The molecule has 0 bridgehead atoms. The smallest absolute Gasteiger partial charge is 0.256 e. The van der Waals surface area contributed by atoms with Crippen LogP contribution in [0.1, 0.15) is 23.4 Å². The number of halogens is 1. The van der Waals surface area contributed by atoms with E-state index >= 15 is 0 Å². The lowest BCUT2D eigenvalue weighted by Gasteiger charge is -2.18. The summed E-state index contributed by atoms with van der Waals surface area (Å²) >= 11 is 5.93. The van der Waals surface area contributed by atoms with Crippen LogP contribution in [0, 0.1) is 0 Å². The van der Waals surface area contributed by atoms with Gasteiger partial charge in [-0.3, -0.25) is 10.7 Å². The number of allylic oxidation sites excluding steroid dienone is 1. The summed E-state index contributed by atoms with van der Waals surface area (Å²) in [4.78, 5) is 8.87. The zero-order chi connectivity index (χ0) is 17.9. The fourth-order valence-corrected chi connectivity index (χ4v) is 3.15. The van der Waals surface area contributed by atoms with Crippen LogP contribution in [0.2, 0.25) is 5.02 Å². The molecule has 2 N–H and O–H groups in total. The fourth-order valence-electron chi connectivity index (χ4n) is 3.02. The number of rotatable bonds is 4. The van der Waals surface area contributed by atoms with Gasteiger partial charge in [-0.2, -0.15) is 4.98 Å². The van der Waals surface area contributed by atoms with Crippen molar-refractivity contribution in [2.45, 2.75) is 12.8 Å². The molecule has 3 aromatic rings. The molecule has 26 heavy (non-hydrogen) atoms. The number of nitrogens with one attached hydrogen (secondary N) is 1. The van der Waals surface area contributed by atoms with Gasteiger partial charge in [0, 0.05) is 21.7 Å². The van der Waals surface area contributed by atoms with Gasteiger partial charge in [-0.25, -0.2) is 4.99 Å². The number of aryl methyl sites for hydroxylation is 1. The number of fused-ring (bicyclic) bond motifs is 1. The number of hydroxylamine groups is 1. The molecular weight excluding hydrogens is 352 g/mol. The molecule has 0 radical (unpaired) electrons. The van der Waals surface area contributed by atoms with Gasteiger partial charge in [0.15, 0.2) is 0 Å². The molecule has 1 aliphatic carbocycles. The van der Waals surface area contributed by atoms with Crippen molar-refractivity contribution >= 4 is 29.2 Å². The molecule has 0 saturated carbocycles. The number of hydrogen-bond donors (Lipinski definition) is 2. The van der Waals surface area contributed by atoms with E-state index in [2.05, 4.69) is 21.2 Å². The summed E-state index contributed by atoms with van der Waals surface area (Å²) in [6, 6.07) is 15.3. The van der Waals surface area contributed by atoms with Crippen molar-refractivity contribution in [1.29, 1.82) is 0 Å². The van der Waals surface area contributed by atoms with Crippen LogP contribution in [-0.2, 0) is 6.42 Å². The Morgan fingerprint density at radius 1 is 1.12 bits per heavy atom. The first-order chi connectivity index (χ1) is 12.8. The highest BCUT2D eigenvalue weighted by atomic mass is 35.5. The number of aliphatic imine (C=N–C) groups is 1. The molecule has 2 aromatic carbocycles. The van der Waals surface area contributed by atoms with E-state index in [0.717, 1.165) is 29.5 Å². The second-order valence-electron chi connectivity index (χ2n) is 5.80. The van der Waals surface area contributed by atoms with E-state index in [1.54, 1.807) is 12.1 Å². The van der Waals surface area contributed by atoms with Gasteiger partial charge in [-0.1, -0.05) is 41.0 Å². The van der Waals surface area contributed by atoms with Crippen molar-refractivity contribution < 1.29 is 9.73 Å². The molecule has 0 aliphatic heterocycles. The maximum Gasteiger partial charge on any atom is 0.256 e. The van der Waals surface area contributed by atoms with Gasteiger partial charge in [0.1, 0.15) is 6.34 Å². The third-order valence-corrected chi connectivity index (χ3v) is 4.49. The molecular formula is C19H15ClN4O2. The van der Waals surface area contributed by atoms with E-state index in [-0.39, 0.29) is 0 Å². The molecule has 0 fully saturated rings.